The van der Waals surface area contributed by atoms with E-state index in [-0.39, 0.29) is 11.5 Å². The smallest absolute Gasteiger partial charge is 0.254 e. The first kappa shape index (κ1) is 17.4. The van der Waals surface area contributed by atoms with Crippen LogP contribution in [0.15, 0.2) is 22.7 Å². The molecule has 1 fully saturated rings. The van der Waals surface area contributed by atoms with Crippen molar-refractivity contribution in [1.29, 1.82) is 0 Å². The summed E-state index contributed by atoms with van der Waals surface area (Å²) in [7, 11) is 0. The van der Waals surface area contributed by atoms with Crippen molar-refractivity contribution in [3.8, 4) is 0 Å². The topological polar surface area (TPSA) is 32.3 Å². The van der Waals surface area contributed by atoms with Crippen molar-refractivity contribution in [2.45, 2.75) is 45.1 Å². The molecular formula is C17H24BrFN2O. The van der Waals surface area contributed by atoms with Crippen LogP contribution in [0.1, 0.15) is 49.4 Å². The number of halogens is 2. The maximum atomic E-state index is 13.7. The number of carbonyl (C=O) groups excluding carboxylic acids is 1. The number of benzene rings is 1. The van der Waals surface area contributed by atoms with Crippen molar-refractivity contribution in [1.82, 2.24) is 10.2 Å². The van der Waals surface area contributed by atoms with Crippen molar-refractivity contribution in [2.75, 3.05) is 19.6 Å². The molecule has 0 radical (unpaired) electrons. The minimum absolute atomic E-state index is 0.102. The van der Waals surface area contributed by atoms with E-state index in [1.54, 1.807) is 6.07 Å². The normalized spacial score (nSPS) is 19.1. The van der Waals surface area contributed by atoms with Crippen LogP contribution in [-0.4, -0.2) is 36.5 Å². The van der Waals surface area contributed by atoms with E-state index < -0.39 is 5.82 Å². The summed E-state index contributed by atoms with van der Waals surface area (Å²) in [5, 5.41) is 2.90. The predicted octanol–water partition coefficient (Wildman–Crippen LogP) is 3.97. The highest BCUT2D eigenvalue weighted by atomic mass is 79.9. The van der Waals surface area contributed by atoms with E-state index in [1.165, 1.54) is 37.8 Å². The lowest BCUT2D eigenvalue weighted by Gasteiger charge is -2.35. The molecular weight excluding hydrogens is 347 g/mol. The van der Waals surface area contributed by atoms with Crippen molar-refractivity contribution in [2.24, 2.45) is 0 Å². The fraction of sp³-hybridized carbons (Fsp3) is 0.588. The minimum atomic E-state index is -0.479. The Bertz CT molecular complexity index is 509. The van der Waals surface area contributed by atoms with Crippen LogP contribution < -0.4 is 5.32 Å². The third kappa shape index (κ3) is 4.78. The lowest BCUT2D eigenvalue weighted by Crippen LogP contribution is -2.47. The monoisotopic (exact) mass is 370 g/mol. The van der Waals surface area contributed by atoms with Gasteiger partial charge in [-0.05, 0) is 50.6 Å². The highest BCUT2D eigenvalue weighted by Crippen LogP contribution is 2.18. The molecule has 3 nitrogen and oxygen atoms in total. The zero-order valence-corrected chi connectivity index (χ0v) is 14.7. The molecule has 1 aliphatic heterocycles. The third-order valence-corrected chi connectivity index (χ3v) is 4.71. The van der Waals surface area contributed by atoms with Gasteiger partial charge in [-0.15, -0.1) is 0 Å². The molecule has 1 aliphatic rings. The summed E-state index contributed by atoms with van der Waals surface area (Å²) in [6.45, 7) is 4.97. The summed E-state index contributed by atoms with van der Waals surface area (Å²) < 4.78 is 14.4. The Balaban J connectivity index is 1.92. The Labute approximate surface area is 140 Å². The molecule has 2 rings (SSSR count). The largest absolute Gasteiger partial charge is 0.350 e. The van der Waals surface area contributed by atoms with Gasteiger partial charge in [0.25, 0.3) is 5.91 Å². The lowest BCUT2D eigenvalue weighted by molar-refractivity contribution is 0.0908. The quantitative estimate of drug-likeness (QED) is 0.821. The van der Waals surface area contributed by atoms with Gasteiger partial charge in [-0.3, -0.25) is 9.69 Å². The molecule has 1 aromatic carbocycles. The summed E-state index contributed by atoms with van der Waals surface area (Å²) in [4.78, 5) is 14.7. The molecule has 0 aliphatic carbocycles. The fourth-order valence-electron chi connectivity index (χ4n) is 2.92. The number of nitrogens with zero attached hydrogens (tertiary/aromatic N) is 1. The van der Waals surface area contributed by atoms with Gasteiger partial charge in [0.1, 0.15) is 5.82 Å². The molecule has 0 aromatic heterocycles. The molecule has 1 aromatic rings. The molecule has 5 heteroatoms. The Morgan fingerprint density at radius 1 is 1.45 bits per heavy atom. The lowest BCUT2D eigenvalue weighted by atomic mass is 10.0. The van der Waals surface area contributed by atoms with Crippen LogP contribution in [0.5, 0.6) is 0 Å². The average molecular weight is 371 g/mol. The van der Waals surface area contributed by atoms with Crippen LogP contribution in [0.4, 0.5) is 4.39 Å². The van der Waals surface area contributed by atoms with E-state index in [0.717, 1.165) is 19.5 Å². The van der Waals surface area contributed by atoms with Crippen molar-refractivity contribution in [3.63, 3.8) is 0 Å². The number of piperidine rings is 1. The van der Waals surface area contributed by atoms with Gasteiger partial charge < -0.3 is 5.32 Å². The number of hydrogen-bond donors (Lipinski definition) is 1. The van der Waals surface area contributed by atoms with Gasteiger partial charge in [-0.1, -0.05) is 35.7 Å². The molecule has 1 unspecified atom stereocenters. The molecule has 1 heterocycles. The average Bonchev–Trinajstić information content (AvgIpc) is 2.53. The first-order valence-corrected chi connectivity index (χ1v) is 8.88. The Morgan fingerprint density at radius 3 is 3.05 bits per heavy atom. The Kier molecular flexibility index (Phi) is 6.83. The highest BCUT2D eigenvalue weighted by molar-refractivity contribution is 9.10. The molecule has 1 saturated heterocycles. The molecule has 122 valence electrons. The van der Waals surface area contributed by atoms with Gasteiger partial charge >= 0.3 is 0 Å². The van der Waals surface area contributed by atoms with Crippen LogP contribution >= 0.6 is 15.9 Å². The number of likely N-dealkylation sites (tertiary alicyclic amines) is 1. The molecule has 0 bridgehead atoms. The van der Waals surface area contributed by atoms with Gasteiger partial charge in [-0.25, -0.2) is 4.39 Å². The minimum Gasteiger partial charge on any atom is -0.350 e. The first-order valence-electron chi connectivity index (χ1n) is 8.09. The summed E-state index contributed by atoms with van der Waals surface area (Å²) in [6, 6.07) is 4.81. The zero-order chi connectivity index (χ0) is 15.9. The zero-order valence-electron chi connectivity index (χ0n) is 13.1. The number of rotatable bonds is 6. The standard InChI is InChI=1S/C17H24BrFN2O/c1-2-3-9-21-10-5-4-6-14(21)12-20-17(22)15-11-13(18)7-8-16(15)19/h7-8,11,14H,2-6,9-10,12H2,1H3,(H,20,22). The Hall–Kier alpha value is -0.940. The van der Waals surface area contributed by atoms with Gasteiger partial charge in [0.05, 0.1) is 5.56 Å². The third-order valence-electron chi connectivity index (χ3n) is 4.22. The van der Waals surface area contributed by atoms with E-state index in [0.29, 0.717) is 17.1 Å². The molecule has 0 saturated carbocycles. The van der Waals surface area contributed by atoms with Crippen LogP contribution in [0.3, 0.4) is 0 Å². The van der Waals surface area contributed by atoms with E-state index in [4.69, 9.17) is 0 Å². The van der Waals surface area contributed by atoms with Gasteiger partial charge in [-0.2, -0.15) is 0 Å². The summed E-state index contributed by atoms with van der Waals surface area (Å²) in [5.41, 5.74) is 0.102. The maximum absolute atomic E-state index is 13.7. The number of unbranched alkanes of at least 4 members (excludes halogenated alkanes) is 1. The van der Waals surface area contributed by atoms with Crippen molar-refractivity contribution in [3.05, 3.63) is 34.1 Å². The predicted molar refractivity (Wildman–Crippen MR) is 90.6 cm³/mol. The second-order valence-corrected chi connectivity index (χ2v) is 6.79. The second kappa shape index (κ2) is 8.63. The molecule has 0 spiro atoms. The number of nitrogens with one attached hydrogen (secondary N) is 1. The maximum Gasteiger partial charge on any atom is 0.254 e. The number of amides is 1. The van der Waals surface area contributed by atoms with E-state index in [2.05, 4.69) is 33.1 Å². The van der Waals surface area contributed by atoms with Crippen molar-refractivity contribution >= 4 is 21.8 Å². The first-order chi connectivity index (χ1) is 10.6. The summed E-state index contributed by atoms with van der Waals surface area (Å²) in [5.74, 6) is -0.813. The van der Waals surface area contributed by atoms with Crippen molar-refractivity contribution < 1.29 is 9.18 Å². The second-order valence-electron chi connectivity index (χ2n) is 5.87. The SMILES string of the molecule is CCCCN1CCCCC1CNC(=O)c1cc(Br)ccc1F. The van der Waals surface area contributed by atoms with Gasteiger partial charge in [0.2, 0.25) is 0 Å². The Morgan fingerprint density at radius 2 is 2.27 bits per heavy atom. The van der Waals surface area contributed by atoms with E-state index in [1.807, 2.05) is 0 Å². The number of carbonyl (C=O) groups is 1. The highest BCUT2D eigenvalue weighted by Gasteiger charge is 2.23. The molecule has 1 atom stereocenters. The van der Waals surface area contributed by atoms with Gasteiger partial charge in [0.15, 0.2) is 0 Å². The molecule has 1 N–H and O–H groups in total. The van der Waals surface area contributed by atoms with E-state index >= 15 is 0 Å². The summed E-state index contributed by atoms with van der Waals surface area (Å²) in [6.07, 6.45) is 5.90. The van der Waals surface area contributed by atoms with E-state index in [9.17, 15) is 9.18 Å². The van der Waals surface area contributed by atoms with Gasteiger partial charge in [0, 0.05) is 17.1 Å². The molecule has 22 heavy (non-hydrogen) atoms. The van der Waals surface area contributed by atoms with Crippen LogP contribution in [0.2, 0.25) is 0 Å². The molecule has 1 amide bonds. The summed E-state index contributed by atoms with van der Waals surface area (Å²) >= 11 is 3.28. The number of hydrogen-bond acceptors (Lipinski definition) is 2. The fourth-order valence-corrected chi connectivity index (χ4v) is 3.29. The van der Waals surface area contributed by atoms with Crippen LogP contribution in [0.25, 0.3) is 0 Å². The van der Waals surface area contributed by atoms with Crippen LogP contribution in [-0.2, 0) is 0 Å². The van der Waals surface area contributed by atoms with Crippen LogP contribution in [0, 0.1) is 5.82 Å².